The fraction of sp³-hybridized carbons (Fsp3) is 0.375. The number of carbonyl (C=O) groups is 1. The van der Waals surface area contributed by atoms with Crippen LogP contribution in [0.25, 0.3) is 0 Å². The zero-order valence-electron chi connectivity index (χ0n) is 13.8. The van der Waals surface area contributed by atoms with E-state index in [1.165, 1.54) is 22.6 Å². The van der Waals surface area contributed by atoms with Gasteiger partial charge in [-0.3, -0.25) is 4.79 Å². The topological polar surface area (TPSA) is 79.4 Å². The van der Waals surface area contributed by atoms with Crippen molar-refractivity contribution in [3.05, 3.63) is 39.9 Å². The van der Waals surface area contributed by atoms with Gasteiger partial charge in [-0.05, 0) is 31.0 Å². The molecule has 0 saturated heterocycles. The molecule has 0 spiro atoms. The van der Waals surface area contributed by atoms with Gasteiger partial charge in [-0.15, -0.1) is 11.3 Å². The Bertz CT molecular complexity index is 903. The molecule has 1 aliphatic heterocycles. The summed E-state index contributed by atoms with van der Waals surface area (Å²) in [7, 11) is -3.55. The van der Waals surface area contributed by atoms with Crippen LogP contribution in [0.2, 0.25) is 0 Å². The van der Waals surface area contributed by atoms with Crippen molar-refractivity contribution in [2.45, 2.75) is 38.6 Å². The van der Waals surface area contributed by atoms with Crippen LogP contribution in [0.5, 0.6) is 0 Å². The average Bonchev–Trinajstić information content (AvgIpc) is 2.89. The number of amides is 1. The van der Waals surface area contributed by atoms with E-state index in [9.17, 15) is 13.2 Å². The summed E-state index contributed by atoms with van der Waals surface area (Å²) in [6.45, 7) is 5.81. The highest BCUT2D eigenvalue weighted by atomic mass is 32.2. The maximum Gasteiger partial charge on any atom is 0.243 e. The molecule has 1 aromatic carbocycles. The van der Waals surface area contributed by atoms with E-state index in [1.54, 1.807) is 6.07 Å². The molecule has 2 aromatic rings. The van der Waals surface area contributed by atoms with Crippen LogP contribution in [-0.4, -0.2) is 30.2 Å². The third-order valence-corrected chi connectivity index (χ3v) is 6.93. The summed E-state index contributed by atoms with van der Waals surface area (Å²) in [4.78, 5) is 16.8. The molecular formula is C16H19N3O3S2. The second kappa shape index (κ2) is 6.27. The molecule has 0 bridgehead atoms. The highest BCUT2D eigenvalue weighted by molar-refractivity contribution is 7.89. The van der Waals surface area contributed by atoms with E-state index in [0.717, 1.165) is 21.7 Å². The second-order valence-electron chi connectivity index (χ2n) is 5.93. The first-order valence-corrected chi connectivity index (χ1v) is 9.86. The maximum atomic E-state index is 13.0. The molecule has 0 atom stereocenters. The minimum atomic E-state index is -3.55. The summed E-state index contributed by atoms with van der Waals surface area (Å²) in [6.07, 6.45) is 0.551. The molecular weight excluding hydrogens is 346 g/mol. The molecule has 8 heteroatoms. The molecule has 3 rings (SSSR count). The van der Waals surface area contributed by atoms with E-state index >= 15 is 0 Å². The van der Waals surface area contributed by atoms with Crippen molar-refractivity contribution in [3.63, 3.8) is 0 Å². The monoisotopic (exact) mass is 365 g/mol. The van der Waals surface area contributed by atoms with Gasteiger partial charge in [-0.25, -0.2) is 13.4 Å². The van der Waals surface area contributed by atoms with Crippen molar-refractivity contribution in [1.82, 2.24) is 9.29 Å². The number of hydrogen-bond donors (Lipinski definition) is 1. The Morgan fingerprint density at radius 3 is 2.79 bits per heavy atom. The fourth-order valence-corrected chi connectivity index (χ4v) is 5.58. The van der Waals surface area contributed by atoms with Crippen LogP contribution in [0.4, 0.5) is 5.13 Å². The van der Waals surface area contributed by atoms with Crippen LogP contribution in [0.3, 0.4) is 0 Å². The third kappa shape index (κ3) is 3.22. The number of hydrogen-bond acceptors (Lipinski definition) is 5. The lowest BCUT2D eigenvalue weighted by Crippen LogP contribution is -2.35. The quantitative estimate of drug-likeness (QED) is 0.906. The Labute approximate surface area is 145 Å². The first-order valence-electron chi connectivity index (χ1n) is 7.61. The molecule has 1 N–H and O–H groups in total. The summed E-state index contributed by atoms with van der Waals surface area (Å²) in [5, 5.41) is 3.19. The number of carbonyl (C=O) groups excluding carboxylic acids is 1. The molecule has 24 heavy (non-hydrogen) atoms. The predicted octanol–water partition coefficient (Wildman–Crippen LogP) is 2.47. The summed E-state index contributed by atoms with van der Waals surface area (Å²) in [6, 6.07) is 5.46. The Morgan fingerprint density at radius 2 is 2.08 bits per heavy atom. The molecule has 0 aliphatic carbocycles. The summed E-state index contributed by atoms with van der Waals surface area (Å²) < 4.78 is 27.5. The van der Waals surface area contributed by atoms with Crippen LogP contribution in [-0.2, 0) is 27.8 Å². The first kappa shape index (κ1) is 17.1. The van der Waals surface area contributed by atoms with Crippen LogP contribution < -0.4 is 5.32 Å². The van der Waals surface area contributed by atoms with Gasteiger partial charge in [0, 0.05) is 24.8 Å². The minimum absolute atomic E-state index is 0.180. The largest absolute Gasteiger partial charge is 0.302 e. The van der Waals surface area contributed by atoms with Crippen LogP contribution >= 0.6 is 11.3 Å². The van der Waals surface area contributed by atoms with E-state index in [4.69, 9.17) is 0 Å². The zero-order valence-corrected chi connectivity index (χ0v) is 15.4. The summed E-state index contributed by atoms with van der Waals surface area (Å²) in [5.41, 5.74) is 2.54. The molecule has 0 saturated carbocycles. The molecule has 0 unspecified atom stereocenters. The van der Waals surface area contributed by atoms with E-state index < -0.39 is 10.0 Å². The van der Waals surface area contributed by atoms with E-state index in [-0.39, 0.29) is 5.91 Å². The normalized spacial score (nSPS) is 15.1. The Kier molecular flexibility index (Phi) is 4.46. The van der Waals surface area contributed by atoms with Gasteiger partial charge in [-0.1, -0.05) is 12.1 Å². The number of benzene rings is 1. The third-order valence-electron chi connectivity index (χ3n) is 3.94. The lowest BCUT2D eigenvalue weighted by atomic mass is 10.2. The maximum absolute atomic E-state index is 13.0. The molecule has 0 fully saturated rings. The van der Waals surface area contributed by atoms with Gasteiger partial charge < -0.3 is 5.32 Å². The van der Waals surface area contributed by atoms with Crippen LogP contribution in [0.1, 0.15) is 28.6 Å². The van der Waals surface area contributed by atoms with Crippen LogP contribution in [0, 0.1) is 13.8 Å². The second-order valence-corrected chi connectivity index (χ2v) is 8.92. The average molecular weight is 365 g/mol. The van der Waals surface area contributed by atoms with E-state index in [2.05, 4.69) is 10.3 Å². The molecule has 1 amide bonds. The first-order chi connectivity index (χ1) is 11.3. The smallest absolute Gasteiger partial charge is 0.243 e. The molecule has 1 aromatic heterocycles. The lowest BCUT2D eigenvalue weighted by molar-refractivity contribution is -0.114. The van der Waals surface area contributed by atoms with E-state index in [1.807, 2.05) is 26.0 Å². The van der Waals surface area contributed by atoms with Crippen molar-refractivity contribution in [2.24, 2.45) is 0 Å². The van der Waals surface area contributed by atoms with Gasteiger partial charge in [0.1, 0.15) is 0 Å². The Hall–Kier alpha value is -1.77. The van der Waals surface area contributed by atoms with Gasteiger partial charge in [0.05, 0.1) is 17.1 Å². The summed E-state index contributed by atoms with van der Waals surface area (Å²) in [5.74, 6) is -0.180. The molecule has 6 nitrogen and oxygen atoms in total. The van der Waals surface area contributed by atoms with Crippen molar-refractivity contribution < 1.29 is 13.2 Å². The number of nitrogens with zero attached hydrogens (tertiary/aromatic N) is 2. The van der Waals surface area contributed by atoms with Crippen molar-refractivity contribution in [3.8, 4) is 0 Å². The van der Waals surface area contributed by atoms with E-state index in [0.29, 0.717) is 29.5 Å². The van der Waals surface area contributed by atoms with Gasteiger partial charge >= 0.3 is 0 Å². The number of aryl methyl sites for hydroxylation is 2. The Balaban J connectivity index is 1.90. The number of nitrogens with one attached hydrogen (secondary N) is 1. The SMILES string of the molecule is CC(=O)Nc1nc2c(s1)CN(S(=O)(=O)c1cc(C)ccc1C)CC2. The van der Waals surface area contributed by atoms with Gasteiger partial charge in [0.25, 0.3) is 0 Å². The number of rotatable bonds is 3. The lowest BCUT2D eigenvalue weighted by Gasteiger charge is -2.26. The van der Waals surface area contributed by atoms with Crippen molar-refractivity contribution >= 4 is 32.4 Å². The van der Waals surface area contributed by atoms with Crippen LogP contribution in [0.15, 0.2) is 23.1 Å². The number of thiazole rings is 1. The highest BCUT2D eigenvalue weighted by Crippen LogP contribution is 2.32. The van der Waals surface area contributed by atoms with Gasteiger partial charge in [0.15, 0.2) is 5.13 Å². The summed E-state index contributed by atoms with van der Waals surface area (Å²) >= 11 is 1.34. The number of anilines is 1. The standard InChI is InChI=1S/C16H19N3O3S2/c1-10-4-5-11(2)15(8-10)24(21,22)19-7-6-13-14(9-19)23-16(18-13)17-12(3)20/h4-5,8H,6-7,9H2,1-3H3,(H,17,18,20). The molecule has 1 aliphatic rings. The van der Waals surface area contributed by atoms with Gasteiger partial charge in [-0.2, -0.15) is 4.31 Å². The fourth-order valence-electron chi connectivity index (χ4n) is 2.71. The Morgan fingerprint density at radius 1 is 1.33 bits per heavy atom. The zero-order chi connectivity index (χ0) is 17.5. The molecule has 128 valence electrons. The van der Waals surface area contributed by atoms with Crippen molar-refractivity contribution in [1.29, 1.82) is 0 Å². The number of sulfonamides is 1. The number of aromatic nitrogens is 1. The molecule has 0 radical (unpaired) electrons. The molecule has 2 heterocycles. The minimum Gasteiger partial charge on any atom is -0.302 e. The number of fused-ring (bicyclic) bond motifs is 1. The predicted molar refractivity (Wildman–Crippen MR) is 93.6 cm³/mol. The van der Waals surface area contributed by atoms with Crippen molar-refractivity contribution in [2.75, 3.05) is 11.9 Å². The van der Waals surface area contributed by atoms with Gasteiger partial charge in [0.2, 0.25) is 15.9 Å². The highest BCUT2D eigenvalue weighted by Gasteiger charge is 2.31.